The van der Waals surface area contributed by atoms with E-state index in [0.717, 1.165) is 28.0 Å². The molecule has 1 saturated heterocycles. The molecule has 0 amide bonds. The summed E-state index contributed by atoms with van der Waals surface area (Å²) < 4.78 is 18.7. The van der Waals surface area contributed by atoms with Crippen molar-refractivity contribution < 1.29 is 14.0 Å². The third kappa shape index (κ3) is 5.15. The van der Waals surface area contributed by atoms with Gasteiger partial charge in [0, 0.05) is 12.2 Å². The van der Waals surface area contributed by atoms with Gasteiger partial charge < -0.3 is 19.5 Å². The van der Waals surface area contributed by atoms with Crippen LogP contribution in [0.5, 0.6) is 5.75 Å². The monoisotopic (exact) mass is 430 g/mol. The second-order valence-electron chi connectivity index (χ2n) is 9.07. The minimum Gasteiger partial charge on any atom is -0.489 e. The smallest absolute Gasteiger partial charge is 0.489 e. The summed E-state index contributed by atoms with van der Waals surface area (Å²) >= 11 is 0. The number of anilines is 1. The van der Waals surface area contributed by atoms with Crippen LogP contribution in [0.4, 0.5) is 5.69 Å². The summed E-state index contributed by atoms with van der Waals surface area (Å²) in [5, 5.41) is 0. The van der Waals surface area contributed by atoms with Crippen LogP contribution in [0.15, 0.2) is 78.9 Å². The van der Waals surface area contributed by atoms with Crippen molar-refractivity contribution in [1.29, 1.82) is 0 Å². The first kappa shape index (κ1) is 22.4. The standard InChI is InChI=1S/C26H31BN2O3/c1-25(2)26(3,4)32-27(31-25)24-16-15-23(30-19-20-11-7-5-8-12-20)17-21(24)18-28-29-22-13-9-6-10-14-22/h5-17,28-29H,18-19H2,1-4H3. The van der Waals surface area contributed by atoms with Crippen molar-refractivity contribution in [2.45, 2.75) is 52.0 Å². The fraction of sp³-hybridized carbons (Fsp3) is 0.308. The van der Waals surface area contributed by atoms with Crippen molar-refractivity contribution in [2.24, 2.45) is 0 Å². The number of hydrogen-bond donors (Lipinski definition) is 2. The van der Waals surface area contributed by atoms with Gasteiger partial charge in [-0.05, 0) is 68.6 Å². The molecular formula is C26H31BN2O3. The van der Waals surface area contributed by atoms with Gasteiger partial charge in [0.2, 0.25) is 0 Å². The molecular weight excluding hydrogens is 399 g/mol. The van der Waals surface area contributed by atoms with Crippen LogP contribution < -0.4 is 21.1 Å². The minimum atomic E-state index is -0.434. The van der Waals surface area contributed by atoms with E-state index >= 15 is 0 Å². The molecule has 0 unspecified atom stereocenters. The topological polar surface area (TPSA) is 51.8 Å². The van der Waals surface area contributed by atoms with Gasteiger partial charge in [-0.15, -0.1) is 0 Å². The molecule has 166 valence electrons. The molecule has 3 aromatic rings. The number of para-hydroxylation sites is 1. The highest BCUT2D eigenvalue weighted by atomic mass is 16.7. The van der Waals surface area contributed by atoms with Crippen molar-refractivity contribution in [3.8, 4) is 5.75 Å². The number of hydrogen-bond acceptors (Lipinski definition) is 5. The van der Waals surface area contributed by atoms with Gasteiger partial charge >= 0.3 is 7.12 Å². The number of hydrazine groups is 1. The van der Waals surface area contributed by atoms with Crippen LogP contribution in [0, 0.1) is 0 Å². The number of ether oxygens (including phenoxy) is 1. The summed E-state index contributed by atoms with van der Waals surface area (Å²) in [6, 6.07) is 26.3. The Bertz CT molecular complexity index is 1010. The van der Waals surface area contributed by atoms with Gasteiger partial charge in [0.05, 0.1) is 11.2 Å². The van der Waals surface area contributed by atoms with E-state index in [1.165, 1.54) is 0 Å². The minimum absolute atomic E-state index is 0.396. The Hall–Kier alpha value is -2.80. The molecule has 5 nitrogen and oxygen atoms in total. The van der Waals surface area contributed by atoms with E-state index in [0.29, 0.717) is 13.2 Å². The highest BCUT2D eigenvalue weighted by Crippen LogP contribution is 2.37. The molecule has 0 spiro atoms. The van der Waals surface area contributed by atoms with Crippen molar-refractivity contribution in [2.75, 3.05) is 5.43 Å². The fourth-order valence-corrected chi connectivity index (χ4v) is 3.53. The Morgan fingerprint density at radius 3 is 2.09 bits per heavy atom. The summed E-state index contributed by atoms with van der Waals surface area (Å²) in [5.41, 5.74) is 9.95. The molecule has 0 radical (unpaired) electrons. The van der Waals surface area contributed by atoms with Crippen molar-refractivity contribution in [3.63, 3.8) is 0 Å². The lowest BCUT2D eigenvalue weighted by Gasteiger charge is -2.32. The van der Waals surface area contributed by atoms with Crippen LogP contribution >= 0.6 is 0 Å². The Morgan fingerprint density at radius 1 is 0.812 bits per heavy atom. The Balaban J connectivity index is 1.52. The average Bonchev–Trinajstić information content (AvgIpc) is 3.00. The van der Waals surface area contributed by atoms with Crippen LogP contribution in [0.2, 0.25) is 0 Å². The fourth-order valence-electron chi connectivity index (χ4n) is 3.53. The summed E-state index contributed by atoms with van der Waals surface area (Å²) in [6.07, 6.45) is 0. The molecule has 32 heavy (non-hydrogen) atoms. The SMILES string of the molecule is CC1(C)OB(c2ccc(OCc3ccccc3)cc2CNNc2ccccc2)OC1(C)C. The molecule has 1 fully saturated rings. The van der Waals surface area contributed by atoms with Crippen molar-refractivity contribution in [3.05, 3.63) is 90.0 Å². The van der Waals surface area contributed by atoms with E-state index in [9.17, 15) is 0 Å². The van der Waals surface area contributed by atoms with Gasteiger partial charge in [-0.3, -0.25) is 0 Å². The van der Waals surface area contributed by atoms with Gasteiger partial charge in [-0.1, -0.05) is 54.6 Å². The first-order valence-corrected chi connectivity index (χ1v) is 11.0. The average molecular weight is 430 g/mol. The molecule has 1 heterocycles. The summed E-state index contributed by atoms with van der Waals surface area (Å²) in [4.78, 5) is 0. The predicted octanol–water partition coefficient (Wildman–Crippen LogP) is 4.68. The van der Waals surface area contributed by atoms with Crippen molar-refractivity contribution >= 4 is 18.3 Å². The highest BCUT2D eigenvalue weighted by molar-refractivity contribution is 6.62. The molecule has 0 atom stereocenters. The van der Waals surface area contributed by atoms with Gasteiger partial charge in [-0.25, -0.2) is 5.43 Å². The largest absolute Gasteiger partial charge is 0.495 e. The molecule has 3 aromatic carbocycles. The van der Waals surface area contributed by atoms with Crippen LogP contribution in [-0.4, -0.2) is 18.3 Å². The number of rotatable bonds is 8. The van der Waals surface area contributed by atoms with Crippen LogP contribution in [0.25, 0.3) is 0 Å². The first-order valence-electron chi connectivity index (χ1n) is 11.0. The number of nitrogens with one attached hydrogen (secondary N) is 2. The normalized spacial score (nSPS) is 16.7. The molecule has 0 bridgehead atoms. The maximum Gasteiger partial charge on any atom is 0.495 e. The maximum atomic E-state index is 6.31. The zero-order valence-electron chi connectivity index (χ0n) is 19.2. The molecule has 2 N–H and O–H groups in total. The highest BCUT2D eigenvalue weighted by Gasteiger charge is 2.52. The Kier molecular flexibility index (Phi) is 6.56. The van der Waals surface area contributed by atoms with E-state index in [2.05, 4.69) is 56.7 Å². The van der Waals surface area contributed by atoms with Gasteiger partial charge in [0.25, 0.3) is 0 Å². The molecule has 0 saturated carbocycles. The predicted molar refractivity (Wildman–Crippen MR) is 130 cm³/mol. The Labute approximate surface area is 191 Å². The first-order chi connectivity index (χ1) is 15.3. The third-order valence-corrected chi connectivity index (χ3v) is 6.16. The van der Waals surface area contributed by atoms with E-state index in [1.807, 2.05) is 60.7 Å². The number of benzene rings is 3. The van der Waals surface area contributed by atoms with E-state index in [4.69, 9.17) is 14.0 Å². The zero-order chi connectivity index (χ0) is 22.6. The lowest BCUT2D eigenvalue weighted by atomic mass is 9.76. The summed E-state index contributed by atoms with van der Waals surface area (Å²) in [7, 11) is -0.434. The molecule has 6 heteroatoms. The molecule has 0 aromatic heterocycles. The van der Waals surface area contributed by atoms with Crippen LogP contribution in [0.3, 0.4) is 0 Å². The second kappa shape index (κ2) is 9.37. The van der Waals surface area contributed by atoms with Crippen LogP contribution in [0.1, 0.15) is 38.8 Å². The van der Waals surface area contributed by atoms with E-state index < -0.39 is 18.3 Å². The lowest BCUT2D eigenvalue weighted by molar-refractivity contribution is 0.00578. The van der Waals surface area contributed by atoms with E-state index in [-0.39, 0.29) is 0 Å². The summed E-state index contributed by atoms with van der Waals surface area (Å²) in [6.45, 7) is 9.37. The molecule has 4 rings (SSSR count). The van der Waals surface area contributed by atoms with Gasteiger partial charge in [0.15, 0.2) is 0 Å². The third-order valence-electron chi connectivity index (χ3n) is 6.16. The molecule has 1 aliphatic rings. The maximum absolute atomic E-state index is 6.31. The molecule has 1 aliphatic heterocycles. The van der Waals surface area contributed by atoms with Crippen molar-refractivity contribution in [1.82, 2.24) is 5.43 Å². The zero-order valence-corrected chi connectivity index (χ0v) is 19.2. The molecule has 0 aliphatic carbocycles. The quantitative estimate of drug-likeness (QED) is 0.402. The van der Waals surface area contributed by atoms with Gasteiger partial charge in [0.1, 0.15) is 12.4 Å². The lowest BCUT2D eigenvalue weighted by Crippen LogP contribution is -2.41. The van der Waals surface area contributed by atoms with Gasteiger partial charge in [-0.2, -0.15) is 0 Å². The summed E-state index contributed by atoms with van der Waals surface area (Å²) in [5.74, 6) is 0.811. The van der Waals surface area contributed by atoms with E-state index in [1.54, 1.807) is 0 Å². The second-order valence-corrected chi connectivity index (χ2v) is 9.07. The Morgan fingerprint density at radius 2 is 1.44 bits per heavy atom. The van der Waals surface area contributed by atoms with Crippen LogP contribution in [-0.2, 0) is 22.5 Å².